The first-order valence-electron chi connectivity index (χ1n) is 5.92. The molecule has 0 atom stereocenters. The minimum absolute atomic E-state index is 0.0117. The third-order valence-electron chi connectivity index (χ3n) is 2.85. The van der Waals surface area contributed by atoms with E-state index in [-0.39, 0.29) is 16.3 Å². The van der Waals surface area contributed by atoms with Crippen molar-refractivity contribution < 1.29 is 40.0 Å². The molecule has 0 aliphatic rings. The van der Waals surface area contributed by atoms with Gasteiger partial charge in [0.05, 0.1) is 12.7 Å². The van der Waals surface area contributed by atoms with Crippen LogP contribution in [0.15, 0.2) is 22.7 Å². The molecule has 0 saturated carbocycles. The summed E-state index contributed by atoms with van der Waals surface area (Å²) in [5.74, 6) is -15.0. The van der Waals surface area contributed by atoms with Gasteiger partial charge in [0.2, 0.25) is 5.82 Å². The number of alkyl halides is 7. The summed E-state index contributed by atoms with van der Waals surface area (Å²) in [5, 5.41) is 3.08. The molecule has 0 spiro atoms. The van der Waals surface area contributed by atoms with E-state index >= 15 is 0 Å². The van der Waals surface area contributed by atoms with E-state index in [1.165, 1.54) is 19.2 Å². The fraction of sp³-hybridized carbons (Fsp3) is 0.333. The highest BCUT2D eigenvalue weighted by atomic mass is 35.5. The van der Waals surface area contributed by atoms with E-state index in [4.69, 9.17) is 16.3 Å². The molecular formula is C12H6ClF7N2O2. The van der Waals surface area contributed by atoms with Crippen LogP contribution < -0.4 is 4.74 Å². The van der Waals surface area contributed by atoms with Crippen LogP contribution in [0.2, 0.25) is 5.02 Å². The Labute approximate surface area is 134 Å². The van der Waals surface area contributed by atoms with Gasteiger partial charge in [0.1, 0.15) is 5.75 Å². The van der Waals surface area contributed by atoms with E-state index in [9.17, 15) is 30.7 Å². The van der Waals surface area contributed by atoms with Crippen molar-refractivity contribution in [2.24, 2.45) is 0 Å². The minimum Gasteiger partial charge on any atom is -0.496 e. The molecule has 1 heterocycles. The van der Waals surface area contributed by atoms with Crippen molar-refractivity contribution in [1.82, 2.24) is 10.1 Å². The highest BCUT2D eigenvalue weighted by Crippen LogP contribution is 2.51. The number of hydrogen-bond acceptors (Lipinski definition) is 4. The molecule has 1 aromatic carbocycles. The van der Waals surface area contributed by atoms with Crippen LogP contribution in [0, 0.1) is 0 Å². The Hall–Kier alpha value is -2.04. The largest absolute Gasteiger partial charge is 0.496 e. The standard InChI is InChI=1S/C12H6ClF7N2O2/c1-23-7-3-2-5(13)4-6(7)8-21-9(24-22-8)10(14,15)11(16,17)12(18,19)20/h2-4H,1H3. The molecule has 0 bridgehead atoms. The zero-order valence-corrected chi connectivity index (χ0v) is 12.2. The second-order valence-electron chi connectivity index (χ2n) is 4.41. The lowest BCUT2D eigenvalue weighted by Crippen LogP contribution is -2.50. The molecule has 0 amide bonds. The van der Waals surface area contributed by atoms with Gasteiger partial charge in [-0.3, -0.25) is 0 Å². The fourth-order valence-electron chi connectivity index (χ4n) is 1.63. The van der Waals surface area contributed by atoms with Gasteiger partial charge in [-0.2, -0.15) is 35.7 Å². The van der Waals surface area contributed by atoms with Crippen LogP contribution in [-0.4, -0.2) is 29.3 Å². The molecule has 1 aromatic heterocycles. The molecule has 2 rings (SSSR count). The summed E-state index contributed by atoms with van der Waals surface area (Å²) in [4.78, 5) is 2.94. The van der Waals surface area contributed by atoms with E-state index in [0.29, 0.717) is 0 Å². The summed E-state index contributed by atoms with van der Waals surface area (Å²) >= 11 is 5.69. The summed E-state index contributed by atoms with van der Waals surface area (Å²) in [6.07, 6.45) is -6.52. The number of hydrogen-bond donors (Lipinski definition) is 0. The van der Waals surface area contributed by atoms with Gasteiger partial charge in [-0.15, -0.1) is 0 Å². The first kappa shape index (κ1) is 18.3. The molecule has 0 unspecified atom stereocenters. The quantitative estimate of drug-likeness (QED) is 0.724. The first-order chi connectivity index (χ1) is 10.9. The van der Waals surface area contributed by atoms with Crippen molar-refractivity contribution >= 4 is 11.6 Å². The van der Waals surface area contributed by atoms with Crippen LogP contribution in [0.25, 0.3) is 11.4 Å². The van der Waals surface area contributed by atoms with Crippen molar-refractivity contribution in [2.45, 2.75) is 18.0 Å². The van der Waals surface area contributed by atoms with E-state index in [0.717, 1.165) is 6.07 Å². The number of aromatic nitrogens is 2. The summed E-state index contributed by atoms with van der Waals surface area (Å²) in [6.45, 7) is 0. The van der Waals surface area contributed by atoms with Gasteiger partial charge < -0.3 is 9.26 Å². The number of methoxy groups -OCH3 is 1. The fourth-order valence-corrected chi connectivity index (χ4v) is 1.80. The third-order valence-corrected chi connectivity index (χ3v) is 3.08. The number of halogens is 8. The monoisotopic (exact) mass is 378 g/mol. The molecule has 0 radical (unpaired) electrons. The molecule has 0 N–H and O–H groups in total. The summed E-state index contributed by atoms with van der Waals surface area (Å²) in [7, 11) is 1.19. The highest BCUT2D eigenvalue weighted by Gasteiger charge is 2.76. The molecular weight excluding hydrogens is 373 g/mol. The Kier molecular flexibility index (Phi) is 4.42. The number of ether oxygens (including phenoxy) is 1. The van der Waals surface area contributed by atoms with E-state index < -0.39 is 29.7 Å². The van der Waals surface area contributed by atoms with Crippen molar-refractivity contribution in [2.75, 3.05) is 7.11 Å². The molecule has 132 valence electrons. The average molecular weight is 379 g/mol. The maximum atomic E-state index is 13.5. The van der Waals surface area contributed by atoms with E-state index in [1.807, 2.05) is 0 Å². The lowest BCUT2D eigenvalue weighted by molar-refractivity contribution is -0.364. The normalized spacial score (nSPS) is 13.2. The van der Waals surface area contributed by atoms with Crippen molar-refractivity contribution in [3.8, 4) is 17.1 Å². The summed E-state index contributed by atoms with van der Waals surface area (Å²) in [5.41, 5.74) is -0.133. The summed E-state index contributed by atoms with van der Waals surface area (Å²) in [6, 6.07) is 3.78. The van der Waals surface area contributed by atoms with Crippen LogP contribution >= 0.6 is 11.6 Å². The SMILES string of the molecule is COc1ccc(Cl)cc1-c1noc(C(F)(F)C(F)(F)C(F)(F)F)n1. The zero-order chi connectivity index (χ0) is 18.3. The van der Waals surface area contributed by atoms with Crippen LogP contribution in [-0.2, 0) is 5.92 Å². The van der Waals surface area contributed by atoms with Crippen LogP contribution in [0.3, 0.4) is 0 Å². The topological polar surface area (TPSA) is 48.2 Å². The smallest absolute Gasteiger partial charge is 0.460 e. The van der Waals surface area contributed by atoms with Crippen molar-refractivity contribution in [3.63, 3.8) is 0 Å². The van der Waals surface area contributed by atoms with Gasteiger partial charge in [-0.05, 0) is 18.2 Å². The maximum Gasteiger partial charge on any atom is 0.460 e. The molecule has 0 saturated heterocycles. The molecule has 0 aliphatic carbocycles. The van der Waals surface area contributed by atoms with Crippen LogP contribution in [0.5, 0.6) is 5.75 Å². The Bertz CT molecular complexity index is 745. The number of benzene rings is 1. The Balaban J connectivity index is 2.50. The average Bonchev–Trinajstić information content (AvgIpc) is 2.96. The third kappa shape index (κ3) is 2.87. The van der Waals surface area contributed by atoms with Gasteiger partial charge >= 0.3 is 23.9 Å². The maximum absolute atomic E-state index is 13.5. The van der Waals surface area contributed by atoms with Gasteiger partial charge in [-0.25, -0.2) is 0 Å². The lowest BCUT2D eigenvalue weighted by atomic mass is 10.1. The Morgan fingerprint density at radius 3 is 2.25 bits per heavy atom. The van der Waals surface area contributed by atoms with Crippen LogP contribution in [0.1, 0.15) is 5.89 Å². The molecule has 4 nitrogen and oxygen atoms in total. The van der Waals surface area contributed by atoms with Gasteiger partial charge in [0.25, 0.3) is 0 Å². The lowest BCUT2D eigenvalue weighted by Gasteiger charge is -2.25. The van der Waals surface area contributed by atoms with Gasteiger partial charge in [-0.1, -0.05) is 16.8 Å². The molecule has 12 heteroatoms. The van der Waals surface area contributed by atoms with Crippen LogP contribution in [0.4, 0.5) is 30.7 Å². The molecule has 24 heavy (non-hydrogen) atoms. The molecule has 0 fully saturated rings. The van der Waals surface area contributed by atoms with Gasteiger partial charge in [0, 0.05) is 5.02 Å². The second-order valence-corrected chi connectivity index (χ2v) is 4.85. The van der Waals surface area contributed by atoms with Crippen molar-refractivity contribution in [3.05, 3.63) is 29.1 Å². The summed E-state index contributed by atoms with van der Waals surface area (Å²) < 4.78 is 98.2. The van der Waals surface area contributed by atoms with Crippen molar-refractivity contribution in [1.29, 1.82) is 0 Å². The van der Waals surface area contributed by atoms with Gasteiger partial charge in [0.15, 0.2) is 0 Å². The van der Waals surface area contributed by atoms with E-state index in [2.05, 4.69) is 14.7 Å². The number of nitrogens with zero attached hydrogens (tertiary/aromatic N) is 2. The Morgan fingerprint density at radius 2 is 1.71 bits per heavy atom. The second kappa shape index (κ2) is 5.80. The molecule has 2 aromatic rings. The minimum atomic E-state index is -6.52. The first-order valence-corrected chi connectivity index (χ1v) is 6.30. The number of rotatable bonds is 4. The zero-order valence-electron chi connectivity index (χ0n) is 11.5. The highest BCUT2D eigenvalue weighted by molar-refractivity contribution is 6.30. The Morgan fingerprint density at radius 1 is 1.08 bits per heavy atom. The predicted octanol–water partition coefficient (Wildman–Crippen LogP) is 4.69. The predicted molar refractivity (Wildman–Crippen MR) is 66.2 cm³/mol. The molecule has 0 aliphatic heterocycles. The van der Waals surface area contributed by atoms with E-state index in [1.54, 1.807) is 0 Å².